The van der Waals surface area contributed by atoms with E-state index in [4.69, 9.17) is 4.98 Å². The minimum absolute atomic E-state index is 0.0472. The van der Waals surface area contributed by atoms with Crippen molar-refractivity contribution >= 4 is 44.9 Å². The predicted octanol–water partition coefficient (Wildman–Crippen LogP) is 5.34. The van der Waals surface area contributed by atoms with Gasteiger partial charge in [0.05, 0.1) is 41.0 Å². The molecule has 7 rings (SSSR count). The van der Waals surface area contributed by atoms with Crippen molar-refractivity contribution in [2.75, 3.05) is 5.32 Å². The van der Waals surface area contributed by atoms with E-state index in [9.17, 15) is 4.79 Å². The number of aromatic amines is 2. The van der Waals surface area contributed by atoms with Gasteiger partial charge in [-0.05, 0) is 44.0 Å². The molecule has 6 aromatic rings. The average molecular weight is 493 g/mol. The highest BCUT2D eigenvalue weighted by Gasteiger charge is 2.29. The Hall–Kier alpha value is -4.44. The van der Waals surface area contributed by atoms with Crippen LogP contribution in [0.4, 0.5) is 5.69 Å². The molecule has 0 saturated heterocycles. The molecule has 6 aromatic heterocycles. The molecular formula is C26H20N8OS. The maximum absolute atomic E-state index is 12.2. The minimum Gasteiger partial charge on any atom is -0.335 e. The van der Waals surface area contributed by atoms with Crippen molar-refractivity contribution in [1.29, 1.82) is 0 Å². The summed E-state index contributed by atoms with van der Waals surface area (Å²) in [7, 11) is 0. The van der Waals surface area contributed by atoms with E-state index in [1.807, 2.05) is 18.3 Å². The lowest BCUT2D eigenvalue weighted by Crippen LogP contribution is -2.13. The van der Waals surface area contributed by atoms with Gasteiger partial charge in [0.2, 0.25) is 5.91 Å². The first-order valence-electron chi connectivity index (χ1n) is 11.6. The smallest absolute Gasteiger partial charge is 0.227 e. The predicted molar refractivity (Wildman–Crippen MR) is 139 cm³/mol. The lowest BCUT2D eigenvalue weighted by atomic mass is 10.1. The Kier molecular flexibility index (Phi) is 4.68. The maximum atomic E-state index is 12.2. The van der Waals surface area contributed by atoms with E-state index in [2.05, 4.69) is 54.5 Å². The van der Waals surface area contributed by atoms with Crippen LogP contribution in [0.15, 0.2) is 55.2 Å². The first-order chi connectivity index (χ1) is 17.6. The molecule has 0 aromatic carbocycles. The lowest BCUT2D eigenvalue weighted by molar-refractivity contribution is -0.117. The Morgan fingerprint density at radius 1 is 1.06 bits per heavy atom. The molecule has 0 aliphatic heterocycles. The van der Waals surface area contributed by atoms with E-state index in [-0.39, 0.29) is 11.8 Å². The number of aromatic nitrogens is 7. The highest BCUT2D eigenvalue weighted by atomic mass is 32.1. The van der Waals surface area contributed by atoms with Crippen LogP contribution in [0.3, 0.4) is 0 Å². The summed E-state index contributed by atoms with van der Waals surface area (Å²) >= 11 is 1.72. The van der Waals surface area contributed by atoms with Crippen LogP contribution in [0, 0.1) is 12.8 Å². The summed E-state index contributed by atoms with van der Waals surface area (Å²) < 4.78 is 0. The second-order valence-corrected chi connectivity index (χ2v) is 10.3. The zero-order chi connectivity index (χ0) is 24.2. The van der Waals surface area contributed by atoms with E-state index in [1.165, 1.54) is 4.88 Å². The second kappa shape index (κ2) is 8.06. The van der Waals surface area contributed by atoms with Gasteiger partial charge in [-0.15, -0.1) is 11.3 Å². The standard InChI is InChI=1S/C26H20N8OS/c1-13-2-5-22(36-13)18-10-28-11-21-23(18)32-25(31-21)24-17-7-19(29-12-20(17)33-34-24)15-6-16(9-27-8-15)30-26(35)14-3-4-14/h2,5-12,14H,3-4H2,1H3,(H,30,35)(H,31,32)(H,33,34). The molecule has 10 heteroatoms. The summed E-state index contributed by atoms with van der Waals surface area (Å²) in [6, 6.07) is 8.06. The number of hydrogen-bond donors (Lipinski definition) is 3. The van der Waals surface area contributed by atoms with Gasteiger partial charge in [-0.3, -0.25) is 24.8 Å². The molecule has 176 valence electrons. The number of amides is 1. The lowest BCUT2D eigenvalue weighted by Gasteiger charge is -2.06. The van der Waals surface area contributed by atoms with Gasteiger partial charge in [-0.1, -0.05) is 0 Å². The summed E-state index contributed by atoms with van der Waals surface area (Å²) in [4.78, 5) is 36.1. The Morgan fingerprint density at radius 3 is 2.78 bits per heavy atom. The fraction of sp³-hybridized carbons (Fsp3) is 0.154. The number of pyridine rings is 3. The average Bonchev–Trinajstić information content (AvgIpc) is 3.30. The number of nitrogens with one attached hydrogen (secondary N) is 3. The molecule has 0 radical (unpaired) electrons. The van der Waals surface area contributed by atoms with Gasteiger partial charge in [-0.25, -0.2) is 4.98 Å². The van der Waals surface area contributed by atoms with Gasteiger partial charge >= 0.3 is 0 Å². The molecule has 0 unspecified atom stereocenters. The number of rotatable bonds is 5. The third-order valence-corrected chi connectivity index (χ3v) is 7.36. The van der Waals surface area contributed by atoms with Crippen LogP contribution in [0.1, 0.15) is 17.7 Å². The topological polar surface area (TPSA) is 125 Å². The highest BCUT2D eigenvalue weighted by Crippen LogP contribution is 2.35. The van der Waals surface area contributed by atoms with Crippen molar-refractivity contribution < 1.29 is 4.79 Å². The Balaban J connectivity index is 1.28. The van der Waals surface area contributed by atoms with Gasteiger partial charge in [0.25, 0.3) is 0 Å². The molecule has 1 aliphatic rings. The fourth-order valence-electron chi connectivity index (χ4n) is 4.30. The molecule has 1 saturated carbocycles. The fourth-order valence-corrected chi connectivity index (χ4v) is 5.18. The molecule has 0 atom stereocenters. The van der Waals surface area contributed by atoms with E-state index < -0.39 is 0 Å². The third-order valence-electron chi connectivity index (χ3n) is 6.32. The zero-order valence-corrected chi connectivity index (χ0v) is 20.1. The van der Waals surface area contributed by atoms with Gasteiger partial charge in [-0.2, -0.15) is 5.10 Å². The number of nitrogens with zero attached hydrogens (tertiary/aromatic N) is 5. The largest absolute Gasteiger partial charge is 0.335 e. The molecule has 9 nitrogen and oxygen atoms in total. The third kappa shape index (κ3) is 3.62. The van der Waals surface area contributed by atoms with Crippen molar-refractivity contribution in [3.63, 3.8) is 0 Å². The normalized spacial score (nSPS) is 13.5. The number of hydrogen-bond acceptors (Lipinski definition) is 7. The second-order valence-electron chi connectivity index (χ2n) is 8.99. The quantitative estimate of drug-likeness (QED) is 0.298. The number of imidazole rings is 1. The van der Waals surface area contributed by atoms with Crippen LogP contribution < -0.4 is 5.32 Å². The summed E-state index contributed by atoms with van der Waals surface area (Å²) in [6.45, 7) is 2.09. The molecule has 1 fully saturated rings. The molecule has 1 aliphatic carbocycles. The number of fused-ring (bicyclic) bond motifs is 2. The first-order valence-corrected chi connectivity index (χ1v) is 12.5. The van der Waals surface area contributed by atoms with E-state index in [1.54, 1.807) is 36.1 Å². The molecule has 3 N–H and O–H groups in total. The van der Waals surface area contributed by atoms with Crippen LogP contribution in [0.25, 0.3) is 55.2 Å². The number of carbonyl (C=O) groups is 1. The van der Waals surface area contributed by atoms with Gasteiger partial charge in [0, 0.05) is 44.6 Å². The highest BCUT2D eigenvalue weighted by molar-refractivity contribution is 7.15. The molecule has 1 amide bonds. The summed E-state index contributed by atoms with van der Waals surface area (Å²) in [5, 5.41) is 11.4. The Morgan fingerprint density at radius 2 is 1.94 bits per heavy atom. The van der Waals surface area contributed by atoms with Crippen molar-refractivity contribution in [3.05, 3.63) is 60.1 Å². The van der Waals surface area contributed by atoms with E-state index in [0.717, 1.165) is 56.5 Å². The molecular weight excluding hydrogens is 472 g/mol. The van der Waals surface area contributed by atoms with Crippen LogP contribution in [-0.2, 0) is 4.79 Å². The Labute approximate surface area is 209 Å². The van der Waals surface area contributed by atoms with Crippen molar-refractivity contribution in [2.45, 2.75) is 19.8 Å². The number of aryl methyl sites for hydroxylation is 1. The molecule has 6 heterocycles. The van der Waals surface area contributed by atoms with Crippen LogP contribution >= 0.6 is 11.3 Å². The number of anilines is 1. The SMILES string of the molecule is Cc1ccc(-c2cncc3[nH]c(-c4n[nH]c5cnc(-c6cncc(NC(=O)C7CC7)c6)cc45)nc23)s1. The van der Waals surface area contributed by atoms with Gasteiger partial charge in [0.1, 0.15) is 11.2 Å². The Bertz CT molecular complexity index is 1780. The number of carbonyl (C=O) groups excluding carboxylic acids is 1. The molecule has 0 bridgehead atoms. The van der Waals surface area contributed by atoms with E-state index >= 15 is 0 Å². The summed E-state index contributed by atoms with van der Waals surface area (Å²) in [5.41, 5.74) is 6.40. The molecule has 0 spiro atoms. The maximum Gasteiger partial charge on any atom is 0.227 e. The molecule has 36 heavy (non-hydrogen) atoms. The van der Waals surface area contributed by atoms with Gasteiger partial charge < -0.3 is 10.3 Å². The monoisotopic (exact) mass is 492 g/mol. The van der Waals surface area contributed by atoms with Crippen molar-refractivity contribution in [1.82, 2.24) is 35.1 Å². The van der Waals surface area contributed by atoms with E-state index in [0.29, 0.717) is 17.2 Å². The van der Waals surface area contributed by atoms with Gasteiger partial charge in [0.15, 0.2) is 5.82 Å². The van der Waals surface area contributed by atoms with Crippen molar-refractivity contribution in [3.8, 4) is 33.2 Å². The number of H-pyrrole nitrogens is 2. The summed E-state index contributed by atoms with van der Waals surface area (Å²) in [5.74, 6) is 0.824. The van der Waals surface area contributed by atoms with Crippen LogP contribution in [0.5, 0.6) is 0 Å². The summed E-state index contributed by atoms with van der Waals surface area (Å²) in [6.07, 6.45) is 10.7. The first kappa shape index (κ1) is 20.9. The van der Waals surface area contributed by atoms with Crippen LogP contribution in [-0.4, -0.2) is 41.0 Å². The number of thiophene rings is 1. The van der Waals surface area contributed by atoms with Crippen molar-refractivity contribution in [2.24, 2.45) is 5.92 Å². The minimum atomic E-state index is 0.0472. The van der Waals surface area contributed by atoms with Crippen LogP contribution in [0.2, 0.25) is 0 Å². The zero-order valence-electron chi connectivity index (χ0n) is 19.2.